The van der Waals surface area contributed by atoms with Crippen molar-refractivity contribution in [3.63, 3.8) is 0 Å². The lowest BCUT2D eigenvalue weighted by Gasteiger charge is -2.32. The van der Waals surface area contributed by atoms with E-state index in [2.05, 4.69) is 16.5 Å². The van der Waals surface area contributed by atoms with Crippen molar-refractivity contribution in [2.45, 2.75) is 25.7 Å². The van der Waals surface area contributed by atoms with Gasteiger partial charge < -0.3 is 10.2 Å². The average molecular weight is 244 g/mol. The molecule has 1 saturated heterocycles. The molecule has 0 aliphatic carbocycles. The highest BCUT2D eigenvalue weighted by atomic mass is 32.2. The molecule has 3 nitrogen and oxygen atoms in total. The van der Waals surface area contributed by atoms with Gasteiger partial charge in [0.05, 0.1) is 0 Å². The van der Waals surface area contributed by atoms with Gasteiger partial charge in [-0.3, -0.25) is 4.79 Å². The van der Waals surface area contributed by atoms with E-state index in [1.54, 1.807) is 0 Å². The Balaban J connectivity index is 2.26. The van der Waals surface area contributed by atoms with Gasteiger partial charge in [0, 0.05) is 19.5 Å². The molecule has 1 aliphatic heterocycles. The number of nitrogens with one attached hydrogen (secondary N) is 1. The molecule has 1 rings (SSSR count). The minimum atomic E-state index is 0.356. The second kappa shape index (κ2) is 7.96. The fourth-order valence-corrected chi connectivity index (χ4v) is 2.71. The van der Waals surface area contributed by atoms with E-state index in [0.29, 0.717) is 11.8 Å². The number of carbonyl (C=O) groups excluding carboxylic acids is 1. The SMILES string of the molecule is CNCC1CCCN(C(=O)CCCSC)C1. The predicted molar refractivity (Wildman–Crippen MR) is 70.8 cm³/mol. The van der Waals surface area contributed by atoms with E-state index in [1.807, 2.05) is 18.8 Å². The zero-order valence-electron chi connectivity index (χ0n) is 10.5. The molecule has 0 spiro atoms. The first-order chi connectivity index (χ1) is 7.77. The normalized spacial score (nSPS) is 21.1. The van der Waals surface area contributed by atoms with E-state index in [-0.39, 0.29) is 0 Å². The summed E-state index contributed by atoms with van der Waals surface area (Å²) in [7, 11) is 1.99. The van der Waals surface area contributed by atoms with Gasteiger partial charge in [0.15, 0.2) is 0 Å². The molecule has 0 aromatic carbocycles. The molecule has 0 saturated carbocycles. The third kappa shape index (κ3) is 4.74. The molecule has 1 unspecified atom stereocenters. The molecule has 0 aromatic heterocycles. The minimum absolute atomic E-state index is 0.356. The molecule has 1 fully saturated rings. The Labute approximate surface area is 103 Å². The lowest BCUT2D eigenvalue weighted by Crippen LogP contribution is -2.42. The van der Waals surface area contributed by atoms with Crippen molar-refractivity contribution in [1.29, 1.82) is 0 Å². The monoisotopic (exact) mass is 244 g/mol. The van der Waals surface area contributed by atoms with Crippen LogP contribution in [0, 0.1) is 5.92 Å². The van der Waals surface area contributed by atoms with Gasteiger partial charge in [-0.25, -0.2) is 0 Å². The van der Waals surface area contributed by atoms with Gasteiger partial charge in [-0.15, -0.1) is 0 Å². The molecule has 1 aliphatic rings. The molecule has 0 bridgehead atoms. The van der Waals surface area contributed by atoms with E-state index in [4.69, 9.17) is 0 Å². The summed E-state index contributed by atoms with van der Waals surface area (Å²) in [5.74, 6) is 2.11. The summed E-state index contributed by atoms with van der Waals surface area (Å²) in [5.41, 5.74) is 0. The Morgan fingerprint density at radius 2 is 2.38 bits per heavy atom. The number of piperidine rings is 1. The average Bonchev–Trinajstić information content (AvgIpc) is 2.30. The fraction of sp³-hybridized carbons (Fsp3) is 0.917. The molecule has 1 amide bonds. The lowest BCUT2D eigenvalue weighted by atomic mass is 9.98. The third-order valence-electron chi connectivity index (χ3n) is 3.10. The van der Waals surface area contributed by atoms with E-state index in [1.165, 1.54) is 12.8 Å². The molecule has 16 heavy (non-hydrogen) atoms. The van der Waals surface area contributed by atoms with E-state index >= 15 is 0 Å². The van der Waals surface area contributed by atoms with Gasteiger partial charge in [0.1, 0.15) is 0 Å². The van der Waals surface area contributed by atoms with Crippen LogP contribution in [0.25, 0.3) is 0 Å². The third-order valence-corrected chi connectivity index (χ3v) is 3.80. The molecular weight excluding hydrogens is 220 g/mol. The number of amides is 1. The van der Waals surface area contributed by atoms with Gasteiger partial charge >= 0.3 is 0 Å². The highest BCUT2D eigenvalue weighted by molar-refractivity contribution is 7.98. The van der Waals surface area contributed by atoms with Crippen LogP contribution in [0.15, 0.2) is 0 Å². The largest absolute Gasteiger partial charge is 0.342 e. The van der Waals surface area contributed by atoms with Crippen molar-refractivity contribution in [2.75, 3.05) is 38.7 Å². The summed E-state index contributed by atoms with van der Waals surface area (Å²) in [4.78, 5) is 14.0. The van der Waals surface area contributed by atoms with Crippen LogP contribution < -0.4 is 5.32 Å². The van der Waals surface area contributed by atoms with Gasteiger partial charge in [0.25, 0.3) is 0 Å². The quantitative estimate of drug-likeness (QED) is 0.720. The van der Waals surface area contributed by atoms with Crippen LogP contribution in [0.1, 0.15) is 25.7 Å². The summed E-state index contributed by atoms with van der Waals surface area (Å²) >= 11 is 1.82. The Morgan fingerprint density at radius 3 is 3.06 bits per heavy atom. The Bertz CT molecular complexity index is 209. The maximum Gasteiger partial charge on any atom is 0.222 e. The predicted octanol–water partition coefficient (Wildman–Crippen LogP) is 1.59. The smallest absolute Gasteiger partial charge is 0.222 e. The van der Waals surface area contributed by atoms with Gasteiger partial charge in [-0.2, -0.15) is 11.8 Å². The highest BCUT2D eigenvalue weighted by Crippen LogP contribution is 2.17. The minimum Gasteiger partial charge on any atom is -0.342 e. The maximum absolute atomic E-state index is 11.9. The number of rotatable bonds is 6. The molecule has 4 heteroatoms. The standard InChI is InChI=1S/C12H24N2OS/c1-13-9-11-5-3-7-14(10-11)12(15)6-4-8-16-2/h11,13H,3-10H2,1-2H3. The zero-order valence-corrected chi connectivity index (χ0v) is 11.3. The van der Waals surface area contributed by atoms with E-state index < -0.39 is 0 Å². The van der Waals surface area contributed by atoms with Crippen LogP contribution in [-0.4, -0.2) is 49.5 Å². The summed E-state index contributed by atoms with van der Waals surface area (Å²) in [6, 6.07) is 0. The molecule has 0 aromatic rings. The van der Waals surface area contributed by atoms with Crippen LogP contribution in [0.2, 0.25) is 0 Å². The van der Waals surface area contributed by atoms with E-state index in [0.717, 1.165) is 38.2 Å². The van der Waals surface area contributed by atoms with E-state index in [9.17, 15) is 4.79 Å². The van der Waals surface area contributed by atoms with Crippen molar-refractivity contribution < 1.29 is 4.79 Å². The maximum atomic E-state index is 11.9. The molecule has 1 N–H and O–H groups in total. The van der Waals surface area contributed by atoms with Crippen LogP contribution in [0.3, 0.4) is 0 Å². The summed E-state index contributed by atoms with van der Waals surface area (Å²) in [6.07, 6.45) is 6.27. The highest BCUT2D eigenvalue weighted by Gasteiger charge is 2.22. The summed E-state index contributed by atoms with van der Waals surface area (Å²) in [5, 5.41) is 3.21. The van der Waals surface area contributed by atoms with Gasteiger partial charge in [0.2, 0.25) is 5.91 Å². The second-order valence-corrected chi connectivity index (χ2v) is 5.49. The van der Waals surface area contributed by atoms with Crippen molar-refractivity contribution in [1.82, 2.24) is 10.2 Å². The van der Waals surface area contributed by atoms with Crippen molar-refractivity contribution in [3.8, 4) is 0 Å². The first-order valence-corrected chi connectivity index (χ1v) is 7.58. The summed E-state index contributed by atoms with van der Waals surface area (Å²) < 4.78 is 0. The Morgan fingerprint density at radius 1 is 1.56 bits per heavy atom. The molecular formula is C12H24N2OS. The number of likely N-dealkylation sites (tertiary alicyclic amines) is 1. The Kier molecular flexibility index (Phi) is 6.88. The lowest BCUT2D eigenvalue weighted by molar-refractivity contribution is -0.132. The van der Waals surface area contributed by atoms with Crippen LogP contribution in [-0.2, 0) is 4.79 Å². The number of carbonyl (C=O) groups is 1. The molecule has 0 radical (unpaired) electrons. The van der Waals surface area contributed by atoms with Crippen LogP contribution in [0.4, 0.5) is 0 Å². The first kappa shape index (κ1) is 13.8. The Hall–Kier alpha value is -0.220. The second-order valence-electron chi connectivity index (χ2n) is 4.50. The number of thioether (sulfide) groups is 1. The zero-order chi connectivity index (χ0) is 11.8. The fourth-order valence-electron chi connectivity index (χ4n) is 2.27. The van der Waals surface area contributed by atoms with Crippen LogP contribution in [0.5, 0.6) is 0 Å². The van der Waals surface area contributed by atoms with Gasteiger partial charge in [-0.1, -0.05) is 0 Å². The van der Waals surface area contributed by atoms with Crippen molar-refractivity contribution in [3.05, 3.63) is 0 Å². The van der Waals surface area contributed by atoms with Gasteiger partial charge in [-0.05, 0) is 50.8 Å². The number of nitrogens with zero attached hydrogens (tertiary/aromatic N) is 1. The van der Waals surface area contributed by atoms with Crippen LogP contribution >= 0.6 is 11.8 Å². The topological polar surface area (TPSA) is 32.3 Å². The number of hydrogen-bond acceptors (Lipinski definition) is 3. The molecule has 94 valence electrons. The first-order valence-electron chi connectivity index (χ1n) is 6.19. The molecule has 1 heterocycles. The van der Waals surface area contributed by atoms with Crippen molar-refractivity contribution >= 4 is 17.7 Å². The molecule has 1 atom stereocenters. The number of hydrogen-bond donors (Lipinski definition) is 1. The van der Waals surface area contributed by atoms with Crippen molar-refractivity contribution in [2.24, 2.45) is 5.92 Å². The summed E-state index contributed by atoms with van der Waals surface area (Å²) in [6.45, 7) is 2.96.